The van der Waals surface area contributed by atoms with Crippen LogP contribution in [0.4, 0.5) is 0 Å². The predicted octanol–water partition coefficient (Wildman–Crippen LogP) is 1.64. The Hall–Kier alpha value is -3.35. The minimum absolute atomic E-state index is 0.119. The molecule has 1 aromatic heterocycles. The zero-order valence-corrected chi connectivity index (χ0v) is 12.9. The van der Waals surface area contributed by atoms with Gasteiger partial charge < -0.3 is 20.2 Å². The van der Waals surface area contributed by atoms with Crippen LogP contribution in [-0.4, -0.2) is 28.9 Å². The molecule has 1 unspecified atom stereocenters. The van der Waals surface area contributed by atoms with Gasteiger partial charge >= 0.3 is 5.97 Å². The largest absolute Gasteiger partial charge is 0.480 e. The molecule has 0 saturated carbocycles. The molecule has 0 fully saturated rings. The van der Waals surface area contributed by atoms with Crippen LogP contribution in [0.3, 0.4) is 0 Å². The van der Waals surface area contributed by atoms with Crippen molar-refractivity contribution in [3.05, 3.63) is 65.7 Å². The molecule has 2 amide bonds. The second kappa shape index (κ2) is 7.77. The summed E-state index contributed by atoms with van der Waals surface area (Å²) >= 11 is 0. The van der Waals surface area contributed by atoms with Crippen molar-refractivity contribution >= 4 is 23.9 Å². The summed E-state index contributed by atoms with van der Waals surface area (Å²) in [6.07, 6.45) is 2.74. The molecule has 0 saturated heterocycles. The van der Waals surface area contributed by atoms with Crippen molar-refractivity contribution in [2.24, 2.45) is 0 Å². The monoisotopic (exact) mass is 328 g/mol. The molecule has 0 spiro atoms. The Labute approximate surface area is 138 Å². The first kappa shape index (κ1) is 17.0. The van der Waals surface area contributed by atoms with Gasteiger partial charge in [0.2, 0.25) is 0 Å². The Balaban J connectivity index is 2.22. The first-order valence-corrected chi connectivity index (χ1v) is 7.12. The van der Waals surface area contributed by atoms with Crippen LogP contribution in [0.5, 0.6) is 0 Å². The minimum atomic E-state index is -1.19. The first-order chi connectivity index (χ1) is 11.5. The number of benzene rings is 1. The molecule has 1 aromatic carbocycles. The number of carboxylic acids is 1. The molecular formula is C17H16N2O5. The van der Waals surface area contributed by atoms with Gasteiger partial charge in [0.05, 0.1) is 6.26 Å². The summed E-state index contributed by atoms with van der Waals surface area (Å²) in [6.45, 7) is 1.32. The Bertz CT molecular complexity index is 751. The maximum absolute atomic E-state index is 12.3. The summed E-state index contributed by atoms with van der Waals surface area (Å²) in [5.41, 5.74) is 0.244. The van der Waals surface area contributed by atoms with Crippen LogP contribution >= 0.6 is 0 Å². The highest BCUT2D eigenvalue weighted by Gasteiger charge is 2.19. The van der Waals surface area contributed by atoms with E-state index in [4.69, 9.17) is 9.52 Å². The Morgan fingerprint density at radius 2 is 1.83 bits per heavy atom. The van der Waals surface area contributed by atoms with E-state index in [1.807, 2.05) is 0 Å². The van der Waals surface area contributed by atoms with E-state index in [-0.39, 0.29) is 5.70 Å². The molecule has 2 aromatic rings. The molecule has 1 atom stereocenters. The van der Waals surface area contributed by atoms with Gasteiger partial charge in [-0.2, -0.15) is 0 Å². The van der Waals surface area contributed by atoms with Gasteiger partial charge in [0.15, 0.2) is 0 Å². The number of rotatable bonds is 6. The highest BCUT2D eigenvalue weighted by molar-refractivity contribution is 6.05. The Morgan fingerprint density at radius 1 is 1.12 bits per heavy atom. The molecule has 124 valence electrons. The third kappa shape index (κ3) is 4.57. The van der Waals surface area contributed by atoms with E-state index in [2.05, 4.69) is 10.6 Å². The summed E-state index contributed by atoms with van der Waals surface area (Å²) in [5, 5.41) is 13.6. The van der Waals surface area contributed by atoms with Crippen molar-refractivity contribution in [2.45, 2.75) is 13.0 Å². The number of hydrogen-bond acceptors (Lipinski definition) is 4. The average Bonchev–Trinajstić information content (AvgIpc) is 3.07. The van der Waals surface area contributed by atoms with E-state index in [1.54, 1.807) is 42.5 Å². The number of carboxylic acid groups (broad SMARTS) is 1. The molecule has 24 heavy (non-hydrogen) atoms. The standard InChI is InChI=1S/C17H16N2O5/c1-11(17(22)23)18-16(21)14(10-13-8-5-9-24-13)19-15(20)12-6-3-2-4-7-12/h2-11H,1H3,(H,18,21)(H,19,20)(H,22,23)/b14-10-. The topological polar surface area (TPSA) is 109 Å². The zero-order valence-electron chi connectivity index (χ0n) is 12.9. The van der Waals surface area contributed by atoms with Gasteiger partial charge in [0, 0.05) is 11.6 Å². The van der Waals surface area contributed by atoms with Crippen molar-refractivity contribution in [3.63, 3.8) is 0 Å². The van der Waals surface area contributed by atoms with Crippen molar-refractivity contribution in [2.75, 3.05) is 0 Å². The Morgan fingerprint density at radius 3 is 2.42 bits per heavy atom. The molecule has 7 nitrogen and oxygen atoms in total. The number of nitrogens with one attached hydrogen (secondary N) is 2. The highest BCUT2D eigenvalue weighted by Crippen LogP contribution is 2.08. The van der Waals surface area contributed by atoms with Crippen LogP contribution in [0.15, 0.2) is 58.8 Å². The quantitative estimate of drug-likeness (QED) is 0.699. The minimum Gasteiger partial charge on any atom is -0.480 e. The first-order valence-electron chi connectivity index (χ1n) is 7.12. The van der Waals surface area contributed by atoms with Gasteiger partial charge in [-0.1, -0.05) is 18.2 Å². The lowest BCUT2D eigenvalue weighted by molar-refractivity contribution is -0.140. The van der Waals surface area contributed by atoms with Crippen LogP contribution in [0.25, 0.3) is 6.08 Å². The summed E-state index contributed by atoms with van der Waals surface area (Å²) in [4.78, 5) is 35.4. The molecule has 0 radical (unpaired) electrons. The van der Waals surface area contributed by atoms with Gasteiger partial charge in [0.1, 0.15) is 17.5 Å². The molecule has 0 aliphatic carbocycles. The number of aliphatic carboxylic acids is 1. The van der Waals surface area contributed by atoms with Gasteiger partial charge in [-0.3, -0.25) is 14.4 Å². The maximum atomic E-state index is 12.3. The van der Waals surface area contributed by atoms with Crippen LogP contribution in [0.1, 0.15) is 23.0 Å². The van der Waals surface area contributed by atoms with Crippen LogP contribution in [0, 0.1) is 0 Å². The average molecular weight is 328 g/mol. The molecule has 0 aliphatic heterocycles. The summed E-state index contributed by atoms with van der Waals surface area (Å²) in [6, 6.07) is 10.5. The molecule has 2 rings (SSSR count). The third-order valence-corrected chi connectivity index (χ3v) is 3.08. The van der Waals surface area contributed by atoms with E-state index < -0.39 is 23.8 Å². The molecule has 0 aliphatic rings. The number of hydrogen-bond donors (Lipinski definition) is 3. The van der Waals surface area contributed by atoms with Crippen LogP contribution < -0.4 is 10.6 Å². The molecule has 3 N–H and O–H groups in total. The zero-order chi connectivity index (χ0) is 17.5. The molecule has 7 heteroatoms. The number of carbonyl (C=O) groups excluding carboxylic acids is 2. The van der Waals surface area contributed by atoms with Gasteiger partial charge in [-0.15, -0.1) is 0 Å². The van der Waals surface area contributed by atoms with E-state index in [1.165, 1.54) is 19.3 Å². The summed E-state index contributed by atoms with van der Waals surface area (Å²) < 4.78 is 5.13. The van der Waals surface area contributed by atoms with Crippen molar-refractivity contribution in [1.29, 1.82) is 0 Å². The lowest BCUT2D eigenvalue weighted by atomic mass is 10.2. The Kier molecular flexibility index (Phi) is 5.51. The fourth-order valence-corrected chi connectivity index (χ4v) is 1.79. The van der Waals surface area contributed by atoms with E-state index >= 15 is 0 Å². The molecule has 1 heterocycles. The molecule has 0 bridgehead atoms. The number of carbonyl (C=O) groups is 3. The fraction of sp³-hybridized carbons (Fsp3) is 0.118. The van der Waals surface area contributed by atoms with Crippen molar-refractivity contribution in [3.8, 4) is 0 Å². The van der Waals surface area contributed by atoms with Crippen LogP contribution in [-0.2, 0) is 9.59 Å². The van der Waals surface area contributed by atoms with Crippen molar-refractivity contribution < 1.29 is 23.9 Å². The number of furan rings is 1. The predicted molar refractivity (Wildman–Crippen MR) is 85.8 cm³/mol. The highest BCUT2D eigenvalue weighted by atomic mass is 16.4. The van der Waals surface area contributed by atoms with Crippen molar-refractivity contribution in [1.82, 2.24) is 10.6 Å². The van der Waals surface area contributed by atoms with Gasteiger partial charge in [-0.25, -0.2) is 0 Å². The summed E-state index contributed by atoms with van der Waals surface area (Å²) in [5.74, 6) is -2.07. The smallest absolute Gasteiger partial charge is 0.325 e. The van der Waals surface area contributed by atoms with Gasteiger partial charge in [-0.05, 0) is 31.2 Å². The number of amides is 2. The SMILES string of the molecule is CC(NC(=O)/C(=C/c1ccco1)NC(=O)c1ccccc1)C(=O)O. The second-order valence-corrected chi connectivity index (χ2v) is 4.93. The van der Waals surface area contributed by atoms with E-state index in [0.29, 0.717) is 11.3 Å². The van der Waals surface area contributed by atoms with Crippen LogP contribution in [0.2, 0.25) is 0 Å². The van der Waals surface area contributed by atoms with E-state index in [9.17, 15) is 14.4 Å². The second-order valence-electron chi connectivity index (χ2n) is 4.93. The lowest BCUT2D eigenvalue weighted by Crippen LogP contribution is -2.42. The maximum Gasteiger partial charge on any atom is 0.325 e. The fourth-order valence-electron chi connectivity index (χ4n) is 1.79. The normalized spacial score (nSPS) is 12.3. The third-order valence-electron chi connectivity index (χ3n) is 3.08. The van der Waals surface area contributed by atoms with E-state index in [0.717, 1.165) is 0 Å². The lowest BCUT2D eigenvalue weighted by Gasteiger charge is -2.13. The summed E-state index contributed by atoms with van der Waals surface area (Å²) in [7, 11) is 0. The van der Waals surface area contributed by atoms with Gasteiger partial charge in [0.25, 0.3) is 11.8 Å². The molecular weight excluding hydrogens is 312 g/mol.